The number of carbonyl (C=O) groups is 1. The van der Waals surface area contributed by atoms with E-state index in [-0.39, 0.29) is 5.91 Å². The molecule has 106 valence electrons. The number of hydrogen-bond donors (Lipinski definition) is 2. The van der Waals surface area contributed by atoms with E-state index in [2.05, 4.69) is 22.8 Å². The minimum Gasteiger partial charge on any atom is -0.385 e. The van der Waals surface area contributed by atoms with Gasteiger partial charge < -0.3 is 10.6 Å². The summed E-state index contributed by atoms with van der Waals surface area (Å²) in [5.41, 5.74) is 3.78. The van der Waals surface area contributed by atoms with Gasteiger partial charge in [-0.3, -0.25) is 4.79 Å². The van der Waals surface area contributed by atoms with Crippen molar-refractivity contribution in [2.24, 2.45) is 11.3 Å². The third-order valence-corrected chi connectivity index (χ3v) is 5.24. The highest BCUT2D eigenvalue weighted by Gasteiger charge is 2.53. The number of benzene rings is 1. The smallest absolute Gasteiger partial charge is 0.251 e. The largest absolute Gasteiger partial charge is 0.385 e. The van der Waals surface area contributed by atoms with Gasteiger partial charge in [0.25, 0.3) is 5.91 Å². The first-order valence-corrected chi connectivity index (χ1v) is 7.92. The van der Waals surface area contributed by atoms with Crippen molar-refractivity contribution >= 4 is 11.6 Å². The van der Waals surface area contributed by atoms with Gasteiger partial charge in [-0.1, -0.05) is 0 Å². The van der Waals surface area contributed by atoms with E-state index >= 15 is 0 Å². The minimum atomic E-state index is 0.102. The van der Waals surface area contributed by atoms with Crippen molar-refractivity contribution in [2.45, 2.75) is 38.5 Å². The summed E-state index contributed by atoms with van der Waals surface area (Å²) in [5.74, 6) is 1.00. The number of nitrogens with one attached hydrogen (secondary N) is 2. The van der Waals surface area contributed by atoms with Gasteiger partial charge in [-0.25, -0.2) is 0 Å². The Balaban J connectivity index is 1.43. The van der Waals surface area contributed by atoms with Gasteiger partial charge in [0.15, 0.2) is 0 Å². The molecule has 3 heteroatoms. The van der Waals surface area contributed by atoms with Crippen LogP contribution >= 0.6 is 0 Å². The van der Waals surface area contributed by atoms with Crippen molar-refractivity contribution < 1.29 is 4.79 Å². The first kappa shape index (κ1) is 12.2. The van der Waals surface area contributed by atoms with Crippen LogP contribution in [0, 0.1) is 11.3 Å². The molecule has 0 aromatic heterocycles. The van der Waals surface area contributed by atoms with Gasteiger partial charge in [0, 0.05) is 24.3 Å². The molecule has 1 aromatic rings. The zero-order valence-electron chi connectivity index (χ0n) is 11.9. The van der Waals surface area contributed by atoms with Gasteiger partial charge >= 0.3 is 0 Å². The maximum Gasteiger partial charge on any atom is 0.251 e. The number of rotatable bonds is 4. The molecule has 1 heterocycles. The van der Waals surface area contributed by atoms with Crippen molar-refractivity contribution in [2.75, 3.05) is 18.4 Å². The molecule has 2 N–H and O–H groups in total. The summed E-state index contributed by atoms with van der Waals surface area (Å²) in [5, 5.41) is 6.56. The van der Waals surface area contributed by atoms with E-state index in [1.165, 1.54) is 36.9 Å². The van der Waals surface area contributed by atoms with Crippen molar-refractivity contribution in [3.8, 4) is 0 Å². The van der Waals surface area contributed by atoms with Crippen LogP contribution < -0.4 is 10.6 Å². The van der Waals surface area contributed by atoms with E-state index in [1.54, 1.807) is 0 Å². The molecular formula is C17H22N2O. The number of carbonyl (C=O) groups excluding carboxylic acids is 1. The van der Waals surface area contributed by atoms with Crippen molar-refractivity contribution in [1.29, 1.82) is 0 Å². The zero-order valence-corrected chi connectivity index (χ0v) is 11.9. The Bertz CT molecular complexity index is 544. The Morgan fingerprint density at radius 3 is 2.95 bits per heavy atom. The molecule has 0 bridgehead atoms. The fourth-order valence-corrected chi connectivity index (χ4v) is 3.56. The van der Waals surface area contributed by atoms with Crippen LogP contribution in [0.2, 0.25) is 0 Å². The maximum atomic E-state index is 12.3. The lowest BCUT2D eigenvalue weighted by atomic mass is 9.99. The quantitative estimate of drug-likeness (QED) is 0.883. The molecule has 0 atom stereocenters. The Kier molecular flexibility index (Phi) is 2.76. The lowest BCUT2D eigenvalue weighted by Gasteiger charge is -2.19. The molecular weight excluding hydrogens is 248 g/mol. The first-order chi connectivity index (χ1) is 9.77. The summed E-state index contributed by atoms with van der Waals surface area (Å²) in [4.78, 5) is 12.3. The number of hydrogen-bond acceptors (Lipinski definition) is 2. The molecule has 1 aromatic carbocycles. The fraction of sp³-hybridized carbons (Fsp3) is 0.588. The van der Waals surface area contributed by atoms with E-state index in [9.17, 15) is 4.79 Å². The molecule has 3 nitrogen and oxygen atoms in total. The molecule has 2 saturated carbocycles. The van der Waals surface area contributed by atoms with Crippen LogP contribution in [0.25, 0.3) is 0 Å². The summed E-state index contributed by atoms with van der Waals surface area (Å²) in [6, 6.07) is 6.06. The Hall–Kier alpha value is -1.51. The van der Waals surface area contributed by atoms with E-state index < -0.39 is 0 Å². The topological polar surface area (TPSA) is 41.1 Å². The average molecular weight is 270 g/mol. The van der Waals surface area contributed by atoms with Crippen LogP contribution in [-0.4, -0.2) is 19.0 Å². The molecule has 0 unspecified atom stereocenters. The van der Waals surface area contributed by atoms with E-state index in [0.29, 0.717) is 5.41 Å². The molecule has 20 heavy (non-hydrogen) atoms. The Morgan fingerprint density at radius 1 is 1.35 bits per heavy atom. The van der Waals surface area contributed by atoms with Crippen molar-refractivity contribution in [3.05, 3.63) is 29.3 Å². The molecule has 0 saturated heterocycles. The highest BCUT2D eigenvalue weighted by molar-refractivity contribution is 5.95. The second kappa shape index (κ2) is 4.51. The number of aryl methyl sites for hydroxylation is 1. The van der Waals surface area contributed by atoms with Gasteiger partial charge in [0.05, 0.1) is 0 Å². The van der Waals surface area contributed by atoms with Gasteiger partial charge in [-0.05, 0) is 73.6 Å². The SMILES string of the molecule is O=C(NCC1(C2CC2)CC1)c1ccc2c(c1)CCCN2. The van der Waals surface area contributed by atoms with E-state index in [0.717, 1.165) is 37.4 Å². The second-order valence-corrected chi connectivity index (χ2v) is 6.72. The van der Waals surface area contributed by atoms with E-state index in [4.69, 9.17) is 0 Å². The molecule has 2 aliphatic carbocycles. The van der Waals surface area contributed by atoms with Crippen molar-refractivity contribution in [1.82, 2.24) is 5.32 Å². The van der Waals surface area contributed by atoms with Gasteiger partial charge in [0.2, 0.25) is 0 Å². The molecule has 3 aliphatic rings. The zero-order chi connectivity index (χ0) is 13.6. The Labute approximate surface area is 120 Å². The first-order valence-electron chi connectivity index (χ1n) is 7.92. The average Bonchev–Trinajstić information content (AvgIpc) is 3.37. The van der Waals surface area contributed by atoms with Gasteiger partial charge in [-0.2, -0.15) is 0 Å². The summed E-state index contributed by atoms with van der Waals surface area (Å²) in [6.45, 7) is 1.92. The molecule has 4 rings (SSSR count). The standard InChI is InChI=1S/C17H22N2O/c20-16(19-11-17(7-8-17)14-4-5-14)13-3-6-15-12(10-13)2-1-9-18-15/h3,6,10,14,18H,1-2,4-5,7-9,11H2,(H,19,20). The second-order valence-electron chi connectivity index (χ2n) is 6.72. The van der Waals surface area contributed by atoms with E-state index in [1.807, 2.05) is 6.07 Å². The third-order valence-electron chi connectivity index (χ3n) is 5.24. The summed E-state index contributed by atoms with van der Waals surface area (Å²) >= 11 is 0. The van der Waals surface area contributed by atoms with Crippen LogP contribution in [0.4, 0.5) is 5.69 Å². The third kappa shape index (κ3) is 2.19. The minimum absolute atomic E-state index is 0.102. The molecule has 2 fully saturated rings. The molecule has 0 spiro atoms. The summed E-state index contributed by atoms with van der Waals surface area (Å²) in [6.07, 6.45) is 7.61. The number of amides is 1. The normalized spacial score (nSPS) is 22.6. The van der Waals surface area contributed by atoms with Gasteiger partial charge in [-0.15, -0.1) is 0 Å². The summed E-state index contributed by atoms with van der Waals surface area (Å²) < 4.78 is 0. The van der Waals surface area contributed by atoms with Crippen LogP contribution in [0.15, 0.2) is 18.2 Å². The molecule has 0 radical (unpaired) electrons. The fourth-order valence-electron chi connectivity index (χ4n) is 3.56. The van der Waals surface area contributed by atoms with Gasteiger partial charge in [0.1, 0.15) is 0 Å². The lowest BCUT2D eigenvalue weighted by Crippen LogP contribution is -2.31. The van der Waals surface area contributed by atoms with Crippen molar-refractivity contribution in [3.63, 3.8) is 0 Å². The lowest BCUT2D eigenvalue weighted by molar-refractivity contribution is 0.0942. The van der Waals surface area contributed by atoms with Crippen LogP contribution in [0.5, 0.6) is 0 Å². The van der Waals surface area contributed by atoms with Crippen LogP contribution in [-0.2, 0) is 6.42 Å². The highest BCUT2D eigenvalue weighted by Crippen LogP contribution is 2.60. The number of anilines is 1. The summed E-state index contributed by atoms with van der Waals surface area (Å²) in [7, 11) is 0. The molecule has 1 aliphatic heterocycles. The van der Waals surface area contributed by atoms with Crippen LogP contribution in [0.1, 0.15) is 48.0 Å². The molecule has 1 amide bonds. The monoisotopic (exact) mass is 270 g/mol. The number of fused-ring (bicyclic) bond motifs is 1. The highest BCUT2D eigenvalue weighted by atomic mass is 16.1. The predicted octanol–water partition coefficient (Wildman–Crippen LogP) is 2.96. The maximum absolute atomic E-state index is 12.3. The Morgan fingerprint density at radius 2 is 2.20 bits per heavy atom. The van der Waals surface area contributed by atoms with Crippen LogP contribution in [0.3, 0.4) is 0 Å². The predicted molar refractivity (Wildman–Crippen MR) is 80.0 cm³/mol.